The minimum Gasteiger partial charge on any atom is -0.481 e. The van der Waals surface area contributed by atoms with Crippen LogP contribution in [0, 0.1) is 6.92 Å². The monoisotopic (exact) mass is 496 g/mol. The molecule has 36 heavy (non-hydrogen) atoms. The SMILES string of the molecule is COc1ncnc(C)c1-c1ncc2cnn(Cc3ccc(-n4nc(C(F)(F)F)cc4OC)cc3)c2n1. The second-order valence-corrected chi connectivity index (χ2v) is 7.77. The Morgan fingerprint density at radius 3 is 2.44 bits per heavy atom. The molecular weight excluding hydrogens is 477 g/mol. The van der Waals surface area contributed by atoms with E-state index in [9.17, 15) is 13.2 Å². The number of alkyl halides is 3. The summed E-state index contributed by atoms with van der Waals surface area (Å²) in [4.78, 5) is 17.4. The molecular formula is C23H19F3N8O2. The molecule has 0 aliphatic carbocycles. The van der Waals surface area contributed by atoms with Gasteiger partial charge in [-0.3, -0.25) is 0 Å². The molecule has 4 aromatic heterocycles. The smallest absolute Gasteiger partial charge is 0.435 e. The standard InChI is InChI=1S/C23H19F3N8O2/c1-13-19(22(36-3)29-12-28-13)20-27-9-15-10-30-33(21(15)31-20)11-14-4-6-16(7-5-14)34-18(35-2)8-17(32-34)23(24,25)26/h4-10,12H,11H2,1-3H3. The fraction of sp³-hybridized carbons (Fsp3) is 0.217. The van der Waals surface area contributed by atoms with Crippen LogP contribution in [0.25, 0.3) is 28.1 Å². The molecule has 0 spiro atoms. The van der Waals surface area contributed by atoms with Gasteiger partial charge in [0.25, 0.3) is 0 Å². The van der Waals surface area contributed by atoms with Crippen LogP contribution in [0.2, 0.25) is 0 Å². The number of aromatic nitrogens is 8. The van der Waals surface area contributed by atoms with Gasteiger partial charge in [0.1, 0.15) is 11.9 Å². The first-order valence-corrected chi connectivity index (χ1v) is 10.6. The van der Waals surface area contributed by atoms with E-state index in [0.29, 0.717) is 40.8 Å². The molecule has 0 saturated carbocycles. The van der Waals surface area contributed by atoms with E-state index in [1.165, 1.54) is 20.5 Å². The summed E-state index contributed by atoms with van der Waals surface area (Å²) < 4.78 is 52.4. The second kappa shape index (κ2) is 8.91. The van der Waals surface area contributed by atoms with Gasteiger partial charge >= 0.3 is 6.18 Å². The van der Waals surface area contributed by atoms with Crippen LogP contribution in [0.5, 0.6) is 11.8 Å². The number of rotatable bonds is 6. The van der Waals surface area contributed by atoms with Crippen LogP contribution in [-0.2, 0) is 12.7 Å². The van der Waals surface area contributed by atoms with Crippen LogP contribution in [0.1, 0.15) is 17.0 Å². The van der Waals surface area contributed by atoms with Crippen molar-refractivity contribution in [3.05, 3.63) is 66.0 Å². The summed E-state index contributed by atoms with van der Waals surface area (Å²) >= 11 is 0. The van der Waals surface area contributed by atoms with Crippen molar-refractivity contribution in [3.8, 4) is 28.8 Å². The van der Waals surface area contributed by atoms with Crippen molar-refractivity contribution in [1.29, 1.82) is 0 Å². The summed E-state index contributed by atoms with van der Waals surface area (Å²) in [5, 5.41) is 8.80. The average Bonchev–Trinajstić information content (AvgIpc) is 3.48. The topological polar surface area (TPSA) is 106 Å². The third-order valence-electron chi connectivity index (χ3n) is 5.49. The van der Waals surface area contributed by atoms with E-state index in [1.54, 1.807) is 41.3 Å². The number of methoxy groups -OCH3 is 2. The highest BCUT2D eigenvalue weighted by Crippen LogP contribution is 2.32. The number of fused-ring (bicyclic) bond motifs is 1. The van der Waals surface area contributed by atoms with Gasteiger partial charge in [-0.25, -0.2) is 29.3 Å². The molecule has 4 heterocycles. The maximum atomic E-state index is 13.1. The zero-order chi connectivity index (χ0) is 25.4. The summed E-state index contributed by atoms with van der Waals surface area (Å²) in [6, 6.07) is 7.73. The number of halogens is 3. The van der Waals surface area contributed by atoms with E-state index >= 15 is 0 Å². The summed E-state index contributed by atoms with van der Waals surface area (Å²) in [7, 11) is 2.81. The Kier molecular flexibility index (Phi) is 5.74. The predicted octanol–water partition coefficient (Wildman–Crippen LogP) is 3.86. The first-order valence-electron chi connectivity index (χ1n) is 10.6. The first-order chi connectivity index (χ1) is 17.3. The maximum Gasteiger partial charge on any atom is 0.435 e. The van der Waals surface area contributed by atoms with E-state index in [4.69, 9.17) is 9.47 Å². The molecule has 5 aromatic rings. The van der Waals surface area contributed by atoms with Gasteiger partial charge in [-0.05, 0) is 24.6 Å². The number of benzene rings is 1. The zero-order valence-corrected chi connectivity index (χ0v) is 19.4. The molecule has 0 bridgehead atoms. The number of hydrogen-bond acceptors (Lipinski definition) is 8. The van der Waals surface area contributed by atoms with Crippen molar-refractivity contribution in [2.45, 2.75) is 19.6 Å². The maximum absolute atomic E-state index is 13.1. The predicted molar refractivity (Wildman–Crippen MR) is 122 cm³/mol. The Labute approximate surface area is 202 Å². The van der Waals surface area contributed by atoms with Crippen LogP contribution in [0.4, 0.5) is 13.2 Å². The largest absolute Gasteiger partial charge is 0.481 e. The Morgan fingerprint density at radius 2 is 1.75 bits per heavy atom. The van der Waals surface area contributed by atoms with Crippen LogP contribution in [-0.4, -0.2) is 53.7 Å². The molecule has 0 radical (unpaired) electrons. The third kappa shape index (κ3) is 4.19. The highest BCUT2D eigenvalue weighted by molar-refractivity contribution is 5.77. The van der Waals surface area contributed by atoms with Gasteiger partial charge < -0.3 is 9.47 Å². The number of hydrogen-bond donors (Lipinski definition) is 0. The Morgan fingerprint density at radius 1 is 0.972 bits per heavy atom. The molecule has 184 valence electrons. The minimum atomic E-state index is -4.57. The number of nitrogens with zero attached hydrogens (tertiary/aromatic N) is 8. The van der Waals surface area contributed by atoms with Crippen molar-refractivity contribution in [1.82, 2.24) is 39.5 Å². The zero-order valence-electron chi connectivity index (χ0n) is 19.4. The second-order valence-electron chi connectivity index (χ2n) is 7.77. The Bertz CT molecular complexity index is 1540. The molecule has 0 atom stereocenters. The van der Waals surface area contributed by atoms with Crippen molar-refractivity contribution in [2.75, 3.05) is 14.2 Å². The highest BCUT2D eigenvalue weighted by Gasteiger charge is 2.35. The normalized spacial score (nSPS) is 11.7. The summed E-state index contributed by atoms with van der Waals surface area (Å²) in [5.41, 5.74) is 2.10. The molecule has 0 aliphatic heterocycles. The van der Waals surface area contributed by atoms with Gasteiger partial charge in [-0.2, -0.15) is 23.4 Å². The lowest BCUT2D eigenvalue weighted by Crippen LogP contribution is -2.08. The Balaban J connectivity index is 1.45. The molecule has 5 rings (SSSR count). The van der Waals surface area contributed by atoms with E-state index in [1.807, 2.05) is 6.92 Å². The van der Waals surface area contributed by atoms with E-state index < -0.39 is 11.9 Å². The van der Waals surface area contributed by atoms with E-state index in [0.717, 1.165) is 21.7 Å². The number of ether oxygens (including phenoxy) is 2. The highest BCUT2D eigenvalue weighted by atomic mass is 19.4. The quantitative estimate of drug-likeness (QED) is 0.349. The Hall–Kier alpha value is -4.55. The van der Waals surface area contributed by atoms with Crippen LogP contribution in [0.15, 0.2) is 49.1 Å². The fourth-order valence-electron chi connectivity index (χ4n) is 3.72. The van der Waals surface area contributed by atoms with Crippen molar-refractivity contribution < 1.29 is 22.6 Å². The molecule has 0 fully saturated rings. The summed E-state index contributed by atoms with van der Waals surface area (Å²) in [6.45, 7) is 2.18. The summed E-state index contributed by atoms with van der Waals surface area (Å²) in [6.07, 6.45) is 0.159. The lowest BCUT2D eigenvalue weighted by Gasteiger charge is -2.09. The first kappa shape index (κ1) is 23.2. The molecule has 0 amide bonds. The van der Waals surface area contributed by atoms with E-state index in [2.05, 4.69) is 30.1 Å². The molecule has 1 aromatic carbocycles. The van der Waals surface area contributed by atoms with Crippen molar-refractivity contribution in [2.24, 2.45) is 0 Å². The van der Waals surface area contributed by atoms with Gasteiger partial charge in [-0.15, -0.1) is 0 Å². The van der Waals surface area contributed by atoms with Crippen molar-refractivity contribution >= 4 is 11.0 Å². The molecule has 0 saturated heterocycles. The van der Waals surface area contributed by atoms with Gasteiger partial charge in [0.05, 0.1) is 43.7 Å². The lowest BCUT2D eigenvalue weighted by molar-refractivity contribution is -0.141. The molecule has 0 N–H and O–H groups in total. The summed E-state index contributed by atoms with van der Waals surface area (Å²) in [5.74, 6) is 0.750. The van der Waals surface area contributed by atoms with Gasteiger partial charge in [0.2, 0.25) is 11.8 Å². The van der Waals surface area contributed by atoms with E-state index in [-0.39, 0.29) is 5.88 Å². The fourth-order valence-corrected chi connectivity index (χ4v) is 3.72. The van der Waals surface area contributed by atoms with Gasteiger partial charge in [-0.1, -0.05) is 12.1 Å². The molecule has 0 unspecified atom stereocenters. The molecule has 13 heteroatoms. The van der Waals surface area contributed by atoms with Crippen LogP contribution in [0.3, 0.4) is 0 Å². The van der Waals surface area contributed by atoms with Gasteiger partial charge in [0, 0.05) is 12.3 Å². The van der Waals surface area contributed by atoms with Crippen molar-refractivity contribution in [3.63, 3.8) is 0 Å². The lowest BCUT2D eigenvalue weighted by atomic mass is 10.2. The molecule has 0 aliphatic rings. The molecule has 10 nitrogen and oxygen atoms in total. The number of aryl methyl sites for hydroxylation is 1. The average molecular weight is 496 g/mol. The minimum absolute atomic E-state index is 0.0204. The van der Waals surface area contributed by atoms with Crippen LogP contribution < -0.4 is 9.47 Å². The van der Waals surface area contributed by atoms with Gasteiger partial charge in [0.15, 0.2) is 17.2 Å². The van der Waals surface area contributed by atoms with Crippen LogP contribution >= 0.6 is 0 Å². The third-order valence-corrected chi connectivity index (χ3v) is 5.49.